The number of aromatic nitrogens is 6. The Morgan fingerprint density at radius 1 is 0.854 bits per heavy atom. The van der Waals surface area contributed by atoms with Gasteiger partial charge in [0.05, 0.1) is 23.9 Å². The standard InChI is InChI=1S/C25H29ClN4O3.C10H11ClN4/c1-5-30-19(15-20(29-30)18-11-12-27-23(26)14-18)16-22(31)21(13-17-9-7-6-8-10-17)28-24(32)33-25(2,3)4;1-2-15-10(12)6-8(14-15)7-3-4-13-9(11)5-7/h6-12,14-15,21H,5,13,16H2,1-4H3,(H,28,32);3-6H,2,12H2,1H3/t21-;/m0./s1. The summed E-state index contributed by atoms with van der Waals surface area (Å²) in [4.78, 5) is 33.7. The molecule has 4 heterocycles. The number of rotatable bonds is 10. The molecule has 3 N–H and O–H groups in total. The molecule has 0 spiro atoms. The van der Waals surface area contributed by atoms with Gasteiger partial charge < -0.3 is 15.8 Å². The third-order valence-electron chi connectivity index (χ3n) is 7.04. The van der Waals surface area contributed by atoms with Crippen LogP contribution >= 0.6 is 23.2 Å². The van der Waals surface area contributed by atoms with Crippen molar-refractivity contribution in [2.75, 3.05) is 5.73 Å². The lowest BCUT2D eigenvalue weighted by atomic mass is 9.99. The van der Waals surface area contributed by atoms with Gasteiger partial charge in [-0.05, 0) is 76.9 Å². The highest BCUT2D eigenvalue weighted by molar-refractivity contribution is 6.29. The van der Waals surface area contributed by atoms with Crippen LogP contribution in [0.2, 0.25) is 10.3 Å². The number of nitrogen functional groups attached to an aromatic ring is 1. The number of aryl methyl sites for hydroxylation is 2. The zero-order chi connectivity index (χ0) is 34.8. The molecule has 0 unspecified atom stereocenters. The van der Waals surface area contributed by atoms with E-state index in [1.807, 2.05) is 68.4 Å². The van der Waals surface area contributed by atoms with Gasteiger partial charge in [0.15, 0.2) is 5.78 Å². The van der Waals surface area contributed by atoms with E-state index in [1.54, 1.807) is 54.7 Å². The first-order valence-electron chi connectivity index (χ1n) is 15.5. The molecule has 48 heavy (non-hydrogen) atoms. The number of hydrogen-bond acceptors (Lipinski definition) is 8. The van der Waals surface area contributed by atoms with Crippen LogP contribution in [0.15, 0.2) is 79.1 Å². The van der Waals surface area contributed by atoms with Crippen molar-refractivity contribution in [3.05, 3.63) is 101 Å². The monoisotopic (exact) mass is 690 g/mol. The van der Waals surface area contributed by atoms with Gasteiger partial charge in [0, 0.05) is 48.4 Å². The van der Waals surface area contributed by atoms with Gasteiger partial charge in [0.1, 0.15) is 21.7 Å². The second-order valence-electron chi connectivity index (χ2n) is 11.9. The van der Waals surface area contributed by atoms with Gasteiger partial charge in [-0.15, -0.1) is 0 Å². The molecule has 11 nitrogen and oxygen atoms in total. The number of anilines is 1. The highest BCUT2D eigenvalue weighted by Crippen LogP contribution is 2.23. The van der Waals surface area contributed by atoms with E-state index in [0.717, 1.165) is 34.6 Å². The van der Waals surface area contributed by atoms with Crippen LogP contribution in [-0.2, 0) is 35.5 Å². The molecule has 0 fully saturated rings. The van der Waals surface area contributed by atoms with E-state index in [0.29, 0.717) is 34.8 Å². The Morgan fingerprint density at radius 3 is 1.94 bits per heavy atom. The van der Waals surface area contributed by atoms with E-state index >= 15 is 0 Å². The SMILES string of the molecule is CCn1nc(-c2ccnc(Cl)c2)cc1CC(=O)[C@H](Cc1ccccc1)NC(=O)OC(C)(C)C.CCn1nc(-c2ccnc(Cl)c2)cc1N. The number of nitrogens with zero attached hydrogens (tertiary/aromatic N) is 6. The number of nitrogens with two attached hydrogens (primary N) is 1. The highest BCUT2D eigenvalue weighted by atomic mass is 35.5. The number of ketones is 1. The van der Waals surface area contributed by atoms with E-state index in [9.17, 15) is 9.59 Å². The Balaban J connectivity index is 0.000000287. The summed E-state index contributed by atoms with van der Waals surface area (Å²) in [5, 5.41) is 12.5. The summed E-state index contributed by atoms with van der Waals surface area (Å²) in [7, 11) is 0. The Labute approximate surface area is 290 Å². The molecule has 0 saturated carbocycles. The number of alkyl carbamates (subject to hydrolysis) is 1. The molecule has 1 amide bonds. The summed E-state index contributed by atoms with van der Waals surface area (Å²) in [5.74, 6) is 0.527. The largest absolute Gasteiger partial charge is 0.444 e. The molecular formula is C35H40Cl2N8O3. The van der Waals surface area contributed by atoms with E-state index in [-0.39, 0.29) is 12.2 Å². The Morgan fingerprint density at radius 2 is 1.42 bits per heavy atom. The predicted octanol–water partition coefficient (Wildman–Crippen LogP) is 7.07. The van der Waals surface area contributed by atoms with Crippen molar-refractivity contribution in [1.82, 2.24) is 34.8 Å². The molecule has 5 aromatic rings. The second-order valence-corrected chi connectivity index (χ2v) is 12.6. The molecule has 1 aromatic carbocycles. The minimum atomic E-state index is -0.735. The fraction of sp³-hybridized carbons (Fsp3) is 0.314. The van der Waals surface area contributed by atoms with Gasteiger partial charge in [-0.2, -0.15) is 10.2 Å². The van der Waals surface area contributed by atoms with E-state index in [2.05, 4.69) is 25.5 Å². The maximum absolute atomic E-state index is 13.3. The first-order chi connectivity index (χ1) is 22.8. The van der Waals surface area contributed by atoms with Crippen molar-refractivity contribution < 1.29 is 14.3 Å². The average molecular weight is 692 g/mol. The smallest absolute Gasteiger partial charge is 0.408 e. The molecular weight excluding hydrogens is 651 g/mol. The molecule has 1 atom stereocenters. The lowest BCUT2D eigenvalue weighted by molar-refractivity contribution is -0.120. The highest BCUT2D eigenvalue weighted by Gasteiger charge is 2.26. The van der Waals surface area contributed by atoms with Crippen LogP contribution in [0.4, 0.5) is 10.6 Å². The minimum Gasteiger partial charge on any atom is -0.444 e. The molecule has 4 aromatic heterocycles. The molecule has 0 aliphatic rings. The maximum Gasteiger partial charge on any atom is 0.408 e. The van der Waals surface area contributed by atoms with Crippen molar-refractivity contribution in [2.45, 2.75) is 72.2 Å². The van der Waals surface area contributed by atoms with Crippen molar-refractivity contribution >= 4 is 40.9 Å². The maximum atomic E-state index is 13.3. The predicted molar refractivity (Wildman–Crippen MR) is 189 cm³/mol. The van der Waals surface area contributed by atoms with E-state index in [4.69, 9.17) is 33.7 Å². The van der Waals surface area contributed by atoms with Crippen LogP contribution in [0.5, 0.6) is 0 Å². The summed E-state index contributed by atoms with van der Waals surface area (Å²) in [6, 6.07) is 19.7. The molecule has 0 aliphatic heterocycles. The van der Waals surface area contributed by atoms with Gasteiger partial charge in [0.25, 0.3) is 0 Å². The number of amides is 1. The summed E-state index contributed by atoms with van der Waals surface area (Å²) in [6.07, 6.45) is 3.14. The number of carbonyl (C=O) groups excluding carboxylic acids is 2. The normalized spacial score (nSPS) is 11.7. The van der Waals surface area contributed by atoms with Crippen molar-refractivity contribution in [2.24, 2.45) is 0 Å². The van der Waals surface area contributed by atoms with Gasteiger partial charge in [-0.1, -0.05) is 53.5 Å². The summed E-state index contributed by atoms with van der Waals surface area (Å²) < 4.78 is 8.91. The fourth-order valence-electron chi connectivity index (χ4n) is 4.81. The minimum absolute atomic E-state index is 0.118. The van der Waals surface area contributed by atoms with Gasteiger partial charge in [0.2, 0.25) is 0 Å². The van der Waals surface area contributed by atoms with Gasteiger partial charge in [-0.3, -0.25) is 9.48 Å². The Bertz CT molecular complexity index is 1830. The third-order valence-corrected chi connectivity index (χ3v) is 7.45. The van der Waals surface area contributed by atoms with Crippen LogP contribution in [0.25, 0.3) is 22.5 Å². The Kier molecular flexibility index (Phi) is 12.3. The molecule has 0 radical (unpaired) electrons. The quantitative estimate of drug-likeness (QED) is 0.148. The molecule has 13 heteroatoms. The molecule has 0 bridgehead atoms. The number of nitrogens with one attached hydrogen (secondary N) is 1. The first kappa shape index (κ1) is 36.1. The lowest BCUT2D eigenvalue weighted by Crippen LogP contribution is -2.45. The van der Waals surface area contributed by atoms with Gasteiger partial charge >= 0.3 is 6.09 Å². The zero-order valence-corrected chi connectivity index (χ0v) is 29.2. The average Bonchev–Trinajstić information content (AvgIpc) is 3.63. The van der Waals surface area contributed by atoms with Gasteiger partial charge in [-0.25, -0.2) is 19.4 Å². The summed E-state index contributed by atoms with van der Waals surface area (Å²) in [5.41, 5.74) is 10.1. The van der Waals surface area contributed by atoms with Crippen LogP contribution < -0.4 is 11.1 Å². The number of carbonyl (C=O) groups is 2. The number of pyridine rings is 2. The summed E-state index contributed by atoms with van der Waals surface area (Å²) >= 11 is 11.8. The first-order valence-corrected chi connectivity index (χ1v) is 16.3. The number of hydrogen-bond donors (Lipinski definition) is 2. The van der Waals surface area contributed by atoms with E-state index in [1.165, 1.54) is 0 Å². The van der Waals surface area contributed by atoms with Crippen molar-refractivity contribution in [3.8, 4) is 22.5 Å². The second kappa shape index (κ2) is 16.4. The fourth-order valence-corrected chi connectivity index (χ4v) is 5.16. The molecule has 5 rings (SSSR count). The van der Waals surface area contributed by atoms with Crippen LogP contribution in [0.3, 0.4) is 0 Å². The number of benzene rings is 1. The van der Waals surface area contributed by atoms with Crippen molar-refractivity contribution in [3.63, 3.8) is 0 Å². The topological polar surface area (TPSA) is 143 Å². The number of ether oxygens (including phenoxy) is 1. The van der Waals surface area contributed by atoms with E-state index < -0.39 is 17.7 Å². The number of halogens is 2. The molecule has 0 aliphatic carbocycles. The Hall–Kier alpha value is -4.74. The summed E-state index contributed by atoms with van der Waals surface area (Å²) in [6.45, 7) is 10.7. The molecule has 252 valence electrons. The van der Waals surface area contributed by atoms with Crippen LogP contribution in [-0.4, -0.2) is 53.0 Å². The molecule has 0 saturated heterocycles. The third kappa shape index (κ3) is 10.4. The number of Topliss-reactive ketones (excluding diaryl/α,β-unsaturated/α-hetero) is 1. The zero-order valence-electron chi connectivity index (χ0n) is 27.7. The van der Waals surface area contributed by atoms with Crippen LogP contribution in [0, 0.1) is 0 Å². The van der Waals surface area contributed by atoms with Crippen molar-refractivity contribution in [1.29, 1.82) is 0 Å². The lowest BCUT2D eigenvalue weighted by Gasteiger charge is -2.23. The van der Waals surface area contributed by atoms with Crippen LogP contribution in [0.1, 0.15) is 45.9 Å².